The number of carbonyl (C=O) groups excluding carboxylic acids is 1. The maximum absolute atomic E-state index is 12.7. The third kappa shape index (κ3) is 3.57. The Morgan fingerprint density at radius 2 is 2.37 bits per heavy atom. The van der Waals surface area contributed by atoms with Gasteiger partial charge in [-0.1, -0.05) is 0 Å². The van der Waals surface area contributed by atoms with Gasteiger partial charge in [0, 0.05) is 12.6 Å². The van der Waals surface area contributed by atoms with E-state index in [1.54, 1.807) is 11.3 Å². The molecule has 19 heavy (non-hydrogen) atoms. The SMILES string of the molecule is Cc1ccsc1C(=O)N(CC1CCCNC1)C(C)C. The Balaban J connectivity index is 2.07. The fourth-order valence-electron chi connectivity index (χ4n) is 2.61. The zero-order chi connectivity index (χ0) is 13.8. The van der Waals surface area contributed by atoms with Crippen LogP contribution < -0.4 is 5.32 Å². The van der Waals surface area contributed by atoms with E-state index in [1.165, 1.54) is 12.8 Å². The molecule has 0 saturated carbocycles. The van der Waals surface area contributed by atoms with Crippen molar-refractivity contribution in [3.63, 3.8) is 0 Å². The fraction of sp³-hybridized carbons (Fsp3) is 0.667. The first-order valence-electron chi connectivity index (χ1n) is 7.15. The van der Waals surface area contributed by atoms with Crippen LogP contribution in [0.3, 0.4) is 0 Å². The zero-order valence-electron chi connectivity index (χ0n) is 12.1. The molecule has 0 bridgehead atoms. The molecule has 1 atom stereocenters. The number of hydrogen-bond acceptors (Lipinski definition) is 3. The lowest BCUT2D eigenvalue weighted by Gasteiger charge is -2.32. The molecule has 2 rings (SSSR count). The summed E-state index contributed by atoms with van der Waals surface area (Å²) in [5.41, 5.74) is 1.10. The molecular weight excluding hydrogens is 256 g/mol. The summed E-state index contributed by atoms with van der Waals surface area (Å²) in [6.45, 7) is 9.27. The van der Waals surface area contributed by atoms with E-state index >= 15 is 0 Å². The van der Waals surface area contributed by atoms with Crippen molar-refractivity contribution in [2.75, 3.05) is 19.6 Å². The highest BCUT2D eigenvalue weighted by atomic mass is 32.1. The average molecular weight is 280 g/mol. The summed E-state index contributed by atoms with van der Waals surface area (Å²) in [5, 5.41) is 5.43. The van der Waals surface area contributed by atoms with Gasteiger partial charge in [-0.2, -0.15) is 0 Å². The number of nitrogens with one attached hydrogen (secondary N) is 1. The number of rotatable bonds is 4. The van der Waals surface area contributed by atoms with Crippen molar-refractivity contribution in [1.82, 2.24) is 10.2 Å². The first-order valence-corrected chi connectivity index (χ1v) is 8.03. The second-order valence-corrected chi connectivity index (χ2v) is 6.61. The molecule has 1 saturated heterocycles. The van der Waals surface area contributed by atoms with Crippen LogP contribution in [0.2, 0.25) is 0 Å². The van der Waals surface area contributed by atoms with Gasteiger partial charge in [0.25, 0.3) is 5.91 Å². The Morgan fingerprint density at radius 3 is 2.89 bits per heavy atom. The van der Waals surface area contributed by atoms with Crippen molar-refractivity contribution in [1.29, 1.82) is 0 Å². The van der Waals surface area contributed by atoms with Crippen molar-refractivity contribution >= 4 is 17.2 Å². The normalized spacial score (nSPS) is 19.7. The minimum Gasteiger partial charge on any atom is -0.335 e. The van der Waals surface area contributed by atoms with E-state index < -0.39 is 0 Å². The third-order valence-corrected chi connectivity index (χ3v) is 4.80. The number of carbonyl (C=O) groups is 1. The van der Waals surface area contributed by atoms with E-state index in [9.17, 15) is 4.79 Å². The summed E-state index contributed by atoms with van der Waals surface area (Å²) < 4.78 is 0. The first kappa shape index (κ1) is 14.5. The number of amides is 1. The minimum atomic E-state index is 0.202. The van der Waals surface area contributed by atoms with E-state index in [4.69, 9.17) is 0 Å². The number of thiophene rings is 1. The second kappa shape index (κ2) is 6.53. The van der Waals surface area contributed by atoms with Gasteiger partial charge in [-0.05, 0) is 69.6 Å². The quantitative estimate of drug-likeness (QED) is 0.920. The average Bonchev–Trinajstić information content (AvgIpc) is 2.82. The highest BCUT2D eigenvalue weighted by molar-refractivity contribution is 7.12. The Kier molecular flexibility index (Phi) is 4.99. The molecule has 1 amide bonds. The lowest BCUT2D eigenvalue weighted by molar-refractivity contribution is 0.0665. The van der Waals surface area contributed by atoms with Crippen molar-refractivity contribution in [3.05, 3.63) is 21.9 Å². The summed E-state index contributed by atoms with van der Waals surface area (Å²) in [5.74, 6) is 0.799. The third-order valence-electron chi connectivity index (χ3n) is 3.79. The highest BCUT2D eigenvalue weighted by Crippen LogP contribution is 2.21. The van der Waals surface area contributed by atoms with E-state index in [0.717, 1.165) is 30.1 Å². The zero-order valence-corrected chi connectivity index (χ0v) is 12.9. The first-order chi connectivity index (χ1) is 9.09. The molecule has 3 nitrogen and oxygen atoms in total. The molecule has 4 heteroatoms. The van der Waals surface area contributed by atoms with Crippen molar-refractivity contribution < 1.29 is 4.79 Å². The van der Waals surface area contributed by atoms with Gasteiger partial charge in [0.15, 0.2) is 0 Å². The Hall–Kier alpha value is -0.870. The molecular formula is C15H24N2OS. The van der Waals surface area contributed by atoms with Crippen molar-refractivity contribution in [3.8, 4) is 0 Å². The van der Waals surface area contributed by atoms with Crippen LogP contribution in [-0.2, 0) is 0 Å². The molecule has 106 valence electrons. The number of hydrogen-bond donors (Lipinski definition) is 1. The van der Waals surface area contributed by atoms with Gasteiger partial charge in [0.1, 0.15) is 0 Å². The van der Waals surface area contributed by atoms with Crippen LogP contribution in [0, 0.1) is 12.8 Å². The molecule has 1 aliphatic heterocycles. The van der Waals surface area contributed by atoms with Gasteiger partial charge in [-0.25, -0.2) is 0 Å². The summed E-state index contributed by atoms with van der Waals surface area (Å²) >= 11 is 1.56. The van der Waals surface area contributed by atoms with Crippen LogP contribution in [0.1, 0.15) is 41.9 Å². The summed E-state index contributed by atoms with van der Waals surface area (Å²) in [6, 6.07) is 2.29. The molecule has 1 aliphatic rings. The summed E-state index contributed by atoms with van der Waals surface area (Å²) in [7, 11) is 0. The van der Waals surface area contributed by atoms with Crippen LogP contribution in [0.15, 0.2) is 11.4 Å². The molecule has 1 aromatic heterocycles. The lowest BCUT2D eigenvalue weighted by Crippen LogP contribution is -2.44. The smallest absolute Gasteiger partial charge is 0.264 e. The summed E-state index contributed by atoms with van der Waals surface area (Å²) in [4.78, 5) is 15.6. The summed E-state index contributed by atoms with van der Waals surface area (Å²) in [6.07, 6.45) is 2.45. The van der Waals surface area contributed by atoms with Crippen LogP contribution in [-0.4, -0.2) is 36.5 Å². The largest absolute Gasteiger partial charge is 0.335 e. The van der Waals surface area contributed by atoms with Gasteiger partial charge in [0.2, 0.25) is 0 Å². The topological polar surface area (TPSA) is 32.3 Å². The lowest BCUT2D eigenvalue weighted by atomic mass is 9.98. The minimum absolute atomic E-state index is 0.202. The molecule has 0 spiro atoms. The van der Waals surface area contributed by atoms with E-state index in [2.05, 4.69) is 19.2 Å². The highest BCUT2D eigenvalue weighted by Gasteiger charge is 2.25. The van der Waals surface area contributed by atoms with Crippen molar-refractivity contribution in [2.24, 2.45) is 5.92 Å². The second-order valence-electron chi connectivity index (χ2n) is 5.70. The molecule has 1 fully saturated rings. The standard InChI is InChI=1S/C15H24N2OS/c1-11(2)17(10-13-5-4-7-16-9-13)15(18)14-12(3)6-8-19-14/h6,8,11,13,16H,4-5,7,9-10H2,1-3H3. The van der Waals surface area contributed by atoms with E-state index in [-0.39, 0.29) is 11.9 Å². The Labute approximate surface area is 120 Å². The number of aryl methyl sites for hydroxylation is 1. The molecule has 0 aliphatic carbocycles. The predicted octanol–water partition coefficient (Wildman–Crippen LogP) is 2.91. The van der Waals surface area contributed by atoms with Crippen LogP contribution in [0.25, 0.3) is 0 Å². The van der Waals surface area contributed by atoms with Crippen LogP contribution >= 0.6 is 11.3 Å². The van der Waals surface area contributed by atoms with Gasteiger partial charge in [0.05, 0.1) is 4.88 Å². The molecule has 1 aromatic rings. The van der Waals surface area contributed by atoms with E-state index in [1.807, 2.05) is 23.3 Å². The predicted molar refractivity (Wildman–Crippen MR) is 80.8 cm³/mol. The number of nitrogens with zero attached hydrogens (tertiary/aromatic N) is 1. The fourth-order valence-corrected chi connectivity index (χ4v) is 3.49. The van der Waals surface area contributed by atoms with Gasteiger partial charge < -0.3 is 10.2 Å². The molecule has 1 unspecified atom stereocenters. The molecule has 0 radical (unpaired) electrons. The molecule has 2 heterocycles. The number of piperidine rings is 1. The van der Waals surface area contributed by atoms with Gasteiger partial charge >= 0.3 is 0 Å². The van der Waals surface area contributed by atoms with Gasteiger partial charge in [-0.15, -0.1) is 11.3 Å². The maximum Gasteiger partial charge on any atom is 0.264 e. The van der Waals surface area contributed by atoms with E-state index in [0.29, 0.717) is 5.92 Å². The molecule has 1 N–H and O–H groups in total. The van der Waals surface area contributed by atoms with Crippen LogP contribution in [0.4, 0.5) is 0 Å². The molecule has 0 aromatic carbocycles. The monoisotopic (exact) mass is 280 g/mol. The Bertz CT molecular complexity index is 422. The van der Waals surface area contributed by atoms with Crippen molar-refractivity contribution in [2.45, 2.75) is 39.7 Å². The Morgan fingerprint density at radius 1 is 1.58 bits per heavy atom. The van der Waals surface area contributed by atoms with Crippen LogP contribution in [0.5, 0.6) is 0 Å². The van der Waals surface area contributed by atoms with Gasteiger partial charge in [-0.3, -0.25) is 4.79 Å². The maximum atomic E-state index is 12.7.